The zero-order valence-corrected chi connectivity index (χ0v) is 12.3. The molecule has 0 heterocycles. The highest BCUT2D eigenvalue weighted by Crippen LogP contribution is 2.40. The Bertz CT molecular complexity index is 726. The molecule has 0 aliphatic heterocycles. The van der Waals surface area contributed by atoms with Crippen LogP contribution in [0.2, 0.25) is 0 Å². The Morgan fingerprint density at radius 2 is 2.10 bits per heavy atom. The van der Waals surface area contributed by atoms with Crippen LogP contribution in [0, 0.1) is 10.1 Å². The average molecular weight is 313 g/mol. The van der Waals surface area contributed by atoms with E-state index in [2.05, 4.69) is 0 Å². The molecule has 1 aromatic carbocycles. The van der Waals surface area contributed by atoms with Crippen molar-refractivity contribution in [2.45, 2.75) is 25.2 Å². The zero-order valence-electron chi connectivity index (χ0n) is 11.5. The SMILES string of the molecule is CCN(C1=C(C)C1)c1ccc(S(=O)(=O)NO)cc1[N+](=O)[O-]. The van der Waals surface area contributed by atoms with Crippen molar-refractivity contribution in [1.29, 1.82) is 0 Å². The molecule has 0 radical (unpaired) electrons. The van der Waals surface area contributed by atoms with Gasteiger partial charge < -0.3 is 10.1 Å². The number of allylic oxidation sites excluding steroid dienone is 2. The highest BCUT2D eigenvalue weighted by molar-refractivity contribution is 7.89. The van der Waals surface area contributed by atoms with Crippen molar-refractivity contribution >= 4 is 21.4 Å². The minimum absolute atomic E-state index is 0.319. The number of rotatable bonds is 6. The Morgan fingerprint density at radius 1 is 1.48 bits per heavy atom. The predicted octanol–water partition coefficient (Wildman–Crippen LogP) is 1.77. The Balaban J connectivity index is 2.55. The molecule has 8 nitrogen and oxygen atoms in total. The van der Waals surface area contributed by atoms with Crippen LogP contribution in [-0.2, 0) is 10.0 Å². The number of nitro benzene ring substituents is 1. The number of nitrogens with zero attached hydrogens (tertiary/aromatic N) is 2. The van der Waals surface area contributed by atoms with Crippen molar-refractivity contribution in [2.75, 3.05) is 11.4 Å². The van der Waals surface area contributed by atoms with Gasteiger partial charge in [0.1, 0.15) is 5.69 Å². The maximum absolute atomic E-state index is 11.5. The van der Waals surface area contributed by atoms with E-state index >= 15 is 0 Å². The third-order valence-electron chi connectivity index (χ3n) is 3.31. The molecule has 1 aliphatic rings. The predicted molar refractivity (Wildman–Crippen MR) is 75.5 cm³/mol. The van der Waals surface area contributed by atoms with Gasteiger partial charge in [-0.25, -0.2) is 8.42 Å². The van der Waals surface area contributed by atoms with Crippen LogP contribution in [0.3, 0.4) is 0 Å². The van der Waals surface area contributed by atoms with Crippen molar-refractivity contribution in [1.82, 2.24) is 4.89 Å². The lowest BCUT2D eigenvalue weighted by Crippen LogP contribution is -2.21. The van der Waals surface area contributed by atoms with E-state index in [1.165, 1.54) is 12.1 Å². The number of nitrogens with one attached hydrogen (secondary N) is 1. The fourth-order valence-electron chi connectivity index (χ4n) is 2.14. The van der Waals surface area contributed by atoms with E-state index in [4.69, 9.17) is 5.21 Å². The van der Waals surface area contributed by atoms with Crippen LogP contribution >= 0.6 is 0 Å². The molecule has 0 atom stereocenters. The lowest BCUT2D eigenvalue weighted by molar-refractivity contribution is -0.384. The van der Waals surface area contributed by atoms with E-state index in [0.717, 1.165) is 28.6 Å². The van der Waals surface area contributed by atoms with Gasteiger partial charge >= 0.3 is 0 Å². The molecular formula is C12H15N3O5S. The first kappa shape index (κ1) is 15.4. The van der Waals surface area contributed by atoms with Gasteiger partial charge in [-0.15, -0.1) is 0 Å². The summed E-state index contributed by atoms with van der Waals surface area (Å²) in [7, 11) is -4.15. The summed E-state index contributed by atoms with van der Waals surface area (Å²) >= 11 is 0. The summed E-state index contributed by atoms with van der Waals surface area (Å²) in [6.07, 6.45) is 0.795. The van der Waals surface area contributed by atoms with Crippen molar-refractivity contribution in [3.63, 3.8) is 0 Å². The van der Waals surface area contributed by atoms with Gasteiger partial charge in [-0.05, 0) is 31.6 Å². The molecule has 0 spiro atoms. The third-order valence-corrected chi connectivity index (χ3v) is 4.42. The normalized spacial score (nSPS) is 14.2. The largest absolute Gasteiger partial charge is 0.340 e. The number of sulfonamides is 1. The number of hydrogen-bond acceptors (Lipinski definition) is 6. The fourth-order valence-corrected chi connectivity index (χ4v) is 2.76. The van der Waals surface area contributed by atoms with Gasteiger partial charge in [0.05, 0.1) is 9.82 Å². The first-order valence-corrected chi connectivity index (χ1v) is 7.70. The van der Waals surface area contributed by atoms with Gasteiger partial charge in [-0.1, -0.05) is 4.89 Å². The molecule has 9 heteroatoms. The maximum Gasteiger partial charge on any atom is 0.294 e. The second-order valence-corrected chi connectivity index (χ2v) is 6.31. The minimum Gasteiger partial charge on any atom is -0.340 e. The average Bonchev–Trinajstić information content (AvgIpc) is 3.16. The molecule has 114 valence electrons. The smallest absolute Gasteiger partial charge is 0.294 e. The van der Waals surface area contributed by atoms with E-state index in [9.17, 15) is 18.5 Å². The summed E-state index contributed by atoms with van der Waals surface area (Å²) < 4.78 is 23.0. The standard InChI is InChI=1S/C12H15N3O5S/c1-3-14(11-6-8(11)2)10-5-4-9(21(19,20)13-16)7-12(10)15(17)18/h4-5,7,13,16H,3,6H2,1-2H3. The van der Waals surface area contributed by atoms with Gasteiger partial charge in [0, 0.05) is 24.7 Å². The quantitative estimate of drug-likeness (QED) is 0.611. The summed E-state index contributed by atoms with van der Waals surface area (Å²) in [5.74, 6) is 0. The second-order valence-electron chi connectivity index (χ2n) is 4.65. The molecule has 2 rings (SSSR count). The topological polar surface area (TPSA) is 113 Å². The molecular weight excluding hydrogens is 298 g/mol. The van der Waals surface area contributed by atoms with Gasteiger partial charge in [0.2, 0.25) is 0 Å². The number of hydrogen-bond donors (Lipinski definition) is 2. The highest BCUT2D eigenvalue weighted by atomic mass is 32.2. The molecule has 0 amide bonds. The lowest BCUT2D eigenvalue weighted by atomic mass is 10.2. The molecule has 0 fully saturated rings. The van der Waals surface area contributed by atoms with Crippen molar-refractivity contribution in [3.05, 3.63) is 39.6 Å². The minimum atomic E-state index is -4.15. The summed E-state index contributed by atoms with van der Waals surface area (Å²) in [6, 6.07) is 3.54. The molecule has 0 unspecified atom stereocenters. The Kier molecular flexibility index (Phi) is 3.99. The lowest BCUT2D eigenvalue weighted by Gasteiger charge is -2.20. The first-order valence-electron chi connectivity index (χ1n) is 6.22. The monoisotopic (exact) mass is 313 g/mol. The van der Waals surface area contributed by atoms with Crippen LogP contribution in [0.1, 0.15) is 20.3 Å². The van der Waals surface area contributed by atoms with E-state index in [1.807, 2.05) is 13.8 Å². The van der Waals surface area contributed by atoms with Gasteiger partial charge in [-0.3, -0.25) is 10.1 Å². The number of nitro groups is 1. The van der Waals surface area contributed by atoms with Crippen LogP contribution < -0.4 is 9.79 Å². The van der Waals surface area contributed by atoms with E-state index < -0.39 is 14.9 Å². The highest BCUT2D eigenvalue weighted by Gasteiger charge is 2.29. The van der Waals surface area contributed by atoms with Crippen LogP contribution in [-0.4, -0.2) is 25.1 Å². The van der Waals surface area contributed by atoms with E-state index in [1.54, 1.807) is 4.90 Å². The van der Waals surface area contributed by atoms with Crippen molar-refractivity contribution < 1.29 is 18.5 Å². The van der Waals surface area contributed by atoms with Gasteiger partial charge in [0.25, 0.3) is 15.7 Å². The molecule has 0 bridgehead atoms. The van der Waals surface area contributed by atoms with E-state index in [-0.39, 0.29) is 10.6 Å². The Hall–Kier alpha value is -1.97. The van der Waals surface area contributed by atoms with Crippen LogP contribution in [0.4, 0.5) is 11.4 Å². The molecule has 2 N–H and O–H groups in total. The molecule has 1 aromatic rings. The molecule has 1 aliphatic carbocycles. The maximum atomic E-state index is 11.5. The molecule has 0 saturated carbocycles. The van der Waals surface area contributed by atoms with Crippen LogP contribution in [0.15, 0.2) is 34.4 Å². The fraction of sp³-hybridized carbons (Fsp3) is 0.333. The number of anilines is 1. The molecule has 0 saturated heterocycles. The number of benzene rings is 1. The van der Waals surface area contributed by atoms with Gasteiger partial charge in [0.15, 0.2) is 0 Å². The van der Waals surface area contributed by atoms with Crippen molar-refractivity contribution in [2.24, 2.45) is 0 Å². The van der Waals surface area contributed by atoms with Crippen LogP contribution in [0.5, 0.6) is 0 Å². The molecule has 0 aromatic heterocycles. The summed E-state index contributed by atoms with van der Waals surface area (Å²) in [6.45, 7) is 4.35. The Morgan fingerprint density at radius 3 is 2.52 bits per heavy atom. The third kappa shape index (κ3) is 2.89. The summed E-state index contributed by atoms with van der Waals surface area (Å²) in [5.41, 5.74) is 2.18. The van der Waals surface area contributed by atoms with Crippen LogP contribution in [0.25, 0.3) is 0 Å². The van der Waals surface area contributed by atoms with E-state index in [0.29, 0.717) is 12.2 Å². The first-order chi connectivity index (χ1) is 9.81. The summed E-state index contributed by atoms with van der Waals surface area (Å²) in [4.78, 5) is 13.2. The molecule has 21 heavy (non-hydrogen) atoms. The van der Waals surface area contributed by atoms with Gasteiger partial charge in [-0.2, -0.15) is 0 Å². The van der Waals surface area contributed by atoms with Crippen molar-refractivity contribution in [3.8, 4) is 0 Å². The Labute approximate surface area is 121 Å². The zero-order chi connectivity index (χ0) is 15.8. The summed E-state index contributed by atoms with van der Waals surface area (Å²) in [5, 5.41) is 19.8. The second kappa shape index (κ2) is 5.43.